The van der Waals surface area contributed by atoms with Gasteiger partial charge in [0.25, 0.3) is 5.91 Å². The van der Waals surface area contributed by atoms with Crippen molar-refractivity contribution in [3.8, 4) is 23.3 Å². The number of nitriles is 1. The Bertz CT molecular complexity index is 1230. The van der Waals surface area contributed by atoms with E-state index in [0.717, 1.165) is 11.1 Å². The SMILES string of the molecule is CCOc1cc(/C=C(\C#N)C(=O)NCc2ccco2)ccc1OC(=O)COc1c(C)cccc1C. The molecular weight excluding hydrogens is 448 g/mol. The van der Waals surface area contributed by atoms with E-state index in [1.165, 1.54) is 12.3 Å². The number of carbonyl (C=O) groups is 2. The number of hydrogen-bond acceptors (Lipinski definition) is 7. The van der Waals surface area contributed by atoms with E-state index in [9.17, 15) is 14.9 Å². The first kappa shape index (κ1) is 25.1. The number of aryl methyl sites for hydroxylation is 2. The highest BCUT2D eigenvalue weighted by molar-refractivity contribution is 6.01. The smallest absolute Gasteiger partial charge is 0.349 e. The fourth-order valence-corrected chi connectivity index (χ4v) is 3.27. The van der Waals surface area contributed by atoms with Crippen LogP contribution in [0.15, 0.2) is 64.8 Å². The summed E-state index contributed by atoms with van der Waals surface area (Å²) in [6.45, 7) is 5.81. The molecule has 0 saturated carbocycles. The second kappa shape index (κ2) is 12.1. The minimum Gasteiger partial charge on any atom is -0.490 e. The number of amides is 1. The van der Waals surface area contributed by atoms with E-state index < -0.39 is 11.9 Å². The van der Waals surface area contributed by atoms with Crippen molar-refractivity contribution < 1.29 is 28.2 Å². The Morgan fingerprint density at radius 1 is 1.06 bits per heavy atom. The molecule has 0 bridgehead atoms. The van der Waals surface area contributed by atoms with Crippen LogP contribution < -0.4 is 19.5 Å². The molecule has 0 aliphatic heterocycles. The Labute approximate surface area is 203 Å². The van der Waals surface area contributed by atoms with Crippen molar-refractivity contribution in [2.45, 2.75) is 27.3 Å². The summed E-state index contributed by atoms with van der Waals surface area (Å²) in [6, 6.07) is 15.8. The second-order valence-electron chi connectivity index (χ2n) is 7.55. The van der Waals surface area contributed by atoms with Crippen LogP contribution in [-0.2, 0) is 16.1 Å². The molecule has 0 atom stereocenters. The molecular formula is C27H26N2O6. The van der Waals surface area contributed by atoms with Crippen molar-refractivity contribution in [2.24, 2.45) is 0 Å². The van der Waals surface area contributed by atoms with Gasteiger partial charge >= 0.3 is 5.97 Å². The topological polar surface area (TPSA) is 111 Å². The summed E-state index contributed by atoms with van der Waals surface area (Å²) >= 11 is 0. The molecule has 0 spiro atoms. The highest BCUT2D eigenvalue weighted by atomic mass is 16.6. The van der Waals surface area contributed by atoms with Crippen molar-refractivity contribution >= 4 is 18.0 Å². The Balaban J connectivity index is 1.69. The van der Waals surface area contributed by atoms with Gasteiger partial charge in [-0.25, -0.2) is 4.79 Å². The van der Waals surface area contributed by atoms with Crippen molar-refractivity contribution in [1.29, 1.82) is 5.26 Å². The average Bonchev–Trinajstić information content (AvgIpc) is 3.36. The van der Waals surface area contributed by atoms with E-state index in [1.807, 2.05) is 38.1 Å². The van der Waals surface area contributed by atoms with Crippen molar-refractivity contribution in [1.82, 2.24) is 5.32 Å². The van der Waals surface area contributed by atoms with Crippen LogP contribution in [0.4, 0.5) is 0 Å². The highest BCUT2D eigenvalue weighted by Gasteiger charge is 2.15. The molecule has 1 heterocycles. The zero-order valence-corrected chi connectivity index (χ0v) is 19.8. The van der Waals surface area contributed by atoms with Gasteiger partial charge in [0.15, 0.2) is 18.1 Å². The second-order valence-corrected chi connectivity index (χ2v) is 7.55. The lowest BCUT2D eigenvalue weighted by atomic mass is 10.1. The molecule has 0 radical (unpaired) electrons. The number of benzene rings is 2. The molecule has 35 heavy (non-hydrogen) atoms. The number of furan rings is 1. The van der Waals surface area contributed by atoms with Gasteiger partial charge in [0.05, 0.1) is 19.4 Å². The lowest BCUT2D eigenvalue weighted by Gasteiger charge is -2.13. The van der Waals surface area contributed by atoms with Gasteiger partial charge in [0.2, 0.25) is 0 Å². The lowest BCUT2D eigenvalue weighted by Crippen LogP contribution is -2.23. The molecule has 1 amide bonds. The lowest BCUT2D eigenvalue weighted by molar-refractivity contribution is -0.136. The normalized spacial score (nSPS) is 10.9. The summed E-state index contributed by atoms with van der Waals surface area (Å²) in [5, 5.41) is 12.1. The summed E-state index contributed by atoms with van der Waals surface area (Å²) in [4.78, 5) is 24.8. The molecule has 0 unspecified atom stereocenters. The highest BCUT2D eigenvalue weighted by Crippen LogP contribution is 2.30. The van der Waals surface area contributed by atoms with E-state index in [1.54, 1.807) is 37.3 Å². The zero-order valence-electron chi connectivity index (χ0n) is 19.8. The van der Waals surface area contributed by atoms with Gasteiger partial charge in [-0.3, -0.25) is 4.79 Å². The van der Waals surface area contributed by atoms with Crippen LogP contribution in [0.2, 0.25) is 0 Å². The first-order valence-corrected chi connectivity index (χ1v) is 11.0. The Morgan fingerprint density at radius 2 is 1.83 bits per heavy atom. The van der Waals surface area contributed by atoms with Gasteiger partial charge < -0.3 is 23.9 Å². The standard InChI is InChI=1S/C27H26N2O6/c1-4-32-24-14-20(13-21(15-28)27(31)29-16-22-9-6-12-33-22)10-11-23(24)35-25(30)17-34-26-18(2)7-5-8-19(26)3/h5-14H,4,16-17H2,1-3H3,(H,29,31)/b21-13+. The maximum absolute atomic E-state index is 12.4. The summed E-state index contributed by atoms with van der Waals surface area (Å²) < 4.78 is 21.9. The van der Waals surface area contributed by atoms with Gasteiger partial charge in [0.1, 0.15) is 23.2 Å². The van der Waals surface area contributed by atoms with Crippen LogP contribution in [0.5, 0.6) is 17.2 Å². The third-order valence-electron chi connectivity index (χ3n) is 4.91. The number of rotatable bonds is 10. The maximum Gasteiger partial charge on any atom is 0.349 e. The summed E-state index contributed by atoms with van der Waals surface area (Å²) in [6.07, 6.45) is 2.93. The van der Waals surface area contributed by atoms with Crippen molar-refractivity contribution in [2.75, 3.05) is 13.2 Å². The summed E-state index contributed by atoms with van der Waals surface area (Å²) in [7, 11) is 0. The fourth-order valence-electron chi connectivity index (χ4n) is 3.27. The molecule has 1 aromatic heterocycles. The molecule has 0 aliphatic carbocycles. The van der Waals surface area contributed by atoms with E-state index >= 15 is 0 Å². The molecule has 0 aliphatic rings. The third kappa shape index (κ3) is 6.98. The number of nitrogens with one attached hydrogen (secondary N) is 1. The largest absolute Gasteiger partial charge is 0.490 e. The van der Waals surface area contributed by atoms with Gasteiger partial charge in [-0.05, 0) is 67.8 Å². The van der Waals surface area contributed by atoms with Gasteiger partial charge in [-0.2, -0.15) is 5.26 Å². The van der Waals surface area contributed by atoms with Crippen LogP contribution in [0.25, 0.3) is 6.08 Å². The average molecular weight is 475 g/mol. The summed E-state index contributed by atoms with van der Waals surface area (Å²) in [5.74, 6) is 0.592. The van der Waals surface area contributed by atoms with Crippen LogP contribution in [0, 0.1) is 25.2 Å². The Hall–Kier alpha value is -4.51. The number of esters is 1. The van der Waals surface area contributed by atoms with Gasteiger partial charge in [0, 0.05) is 0 Å². The van der Waals surface area contributed by atoms with Crippen LogP contribution in [0.1, 0.15) is 29.4 Å². The van der Waals surface area contributed by atoms with Crippen molar-refractivity contribution in [3.63, 3.8) is 0 Å². The minimum atomic E-state index is -0.591. The number of carbonyl (C=O) groups excluding carboxylic acids is 2. The number of nitrogens with zero attached hydrogens (tertiary/aromatic N) is 1. The van der Waals surface area contributed by atoms with E-state index in [2.05, 4.69) is 5.32 Å². The summed E-state index contributed by atoms with van der Waals surface area (Å²) in [5.41, 5.74) is 2.28. The molecule has 3 rings (SSSR count). The predicted molar refractivity (Wildman–Crippen MR) is 129 cm³/mol. The number of hydrogen-bond donors (Lipinski definition) is 1. The van der Waals surface area contributed by atoms with Crippen LogP contribution in [0.3, 0.4) is 0 Å². The van der Waals surface area contributed by atoms with Crippen molar-refractivity contribution in [3.05, 3.63) is 82.8 Å². The van der Waals surface area contributed by atoms with Gasteiger partial charge in [-0.1, -0.05) is 24.3 Å². The number of para-hydroxylation sites is 1. The first-order chi connectivity index (χ1) is 16.9. The van der Waals surface area contributed by atoms with E-state index in [-0.39, 0.29) is 24.5 Å². The first-order valence-electron chi connectivity index (χ1n) is 11.0. The van der Waals surface area contributed by atoms with Crippen LogP contribution in [-0.4, -0.2) is 25.1 Å². The monoisotopic (exact) mass is 474 g/mol. The molecule has 3 aromatic rings. The molecule has 0 saturated heterocycles. The molecule has 0 fully saturated rings. The fraction of sp³-hybridized carbons (Fsp3) is 0.222. The molecule has 1 N–H and O–H groups in total. The molecule has 8 heteroatoms. The van der Waals surface area contributed by atoms with Gasteiger partial charge in [-0.15, -0.1) is 0 Å². The number of ether oxygens (including phenoxy) is 3. The molecule has 180 valence electrons. The predicted octanol–water partition coefficient (Wildman–Crippen LogP) is 4.50. The molecule has 8 nitrogen and oxygen atoms in total. The zero-order chi connectivity index (χ0) is 25.2. The minimum absolute atomic E-state index is 0.0919. The van der Waals surface area contributed by atoms with E-state index in [0.29, 0.717) is 29.4 Å². The Morgan fingerprint density at radius 3 is 2.49 bits per heavy atom. The molecule has 2 aromatic carbocycles. The van der Waals surface area contributed by atoms with E-state index in [4.69, 9.17) is 18.6 Å². The Kier molecular flexibility index (Phi) is 8.68. The maximum atomic E-state index is 12.4. The van der Waals surface area contributed by atoms with Crippen LogP contribution >= 0.6 is 0 Å². The third-order valence-corrected chi connectivity index (χ3v) is 4.91. The quantitative estimate of drug-likeness (QED) is 0.199.